The minimum atomic E-state index is 0.118. The number of nitrogens with zero attached hydrogens (tertiary/aromatic N) is 1. The van der Waals surface area contributed by atoms with E-state index in [1.54, 1.807) is 0 Å². The maximum atomic E-state index is 12.6. The second kappa shape index (κ2) is 3.78. The van der Waals surface area contributed by atoms with Crippen LogP contribution in [0, 0.1) is 16.6 Å². The highest BCUT2D eigenvalue weighted by Crippen LogP contribution is 2.51. The van der Waals surface area contributed by atoms with Crippen molar-refractivity contribution >= 4 is 33.8 Å². The lowest BCUT2D eigenvalue weighted by molar-refractivity contribution is 0.379. The quantitative estimate of drug-likeness (QED) is 0.873. The number of rotatable bonds is 3. The molecule has 2 heterocycles. The van der Waals surface area contributed by atoms with Crippen LogP contribution >= 0.6 is 23.6 Å². The normalized spacial score (nSPS) is 19.8. The van der Waals surface area contributed by atoms with Gasteiger partial charge in [-0.3, -0.25) is 9.36 Å². The van der Waals surface area contributed by atoms with Crippen molar-refractivity contribution in [2.45, 2.75) is 31.7 Å². The summed E-state index contributed by atoms with van der Waals surface area (Å²) >= 11 is 6.92. The van der Waals surface area contributed by atoms with Crippen LogP contribution < -0.4 is 5.56 Å². The Morgan fingerprint density at radius 2 is 2.00 bits per heavy atom. The van der Waals surface area contributed by atoms with E-state index in [0.29, 0.717) is 22.6 Å². The number of thiophene rings is 1. The van der Waals surface area contributed by atoms with Gasteiger partial charge in [0.2, 0.25) is 0 Å². The molecule has 0 radical (unpaired) electrons. The summed E-state index contributed by atoms with van der Waals surface area (Å²) in [6.07, 6.45) is 5.02. The van der Waals surface area contributed by atoms with Gasteiger partial charge in [-0.2, -0.15) is 0 Å². The number of aromatic nitrogens is 2. The van der Waals surface area contributed by atoms with E-state index in [1.165, 1.54) is 37.0 Å². The molecule has 0 amide bonds. The smallest absolute Gasteiger partial charge is 0.272 e. The lowest BCUT2D eigenvalue weighted by Crippen LogP contribution is -2.28. The average molecular weight is 278 g/mol. The maximum absolute atomic E-state index is 12.6. The van der Waals surface area contributed by atoms with Crippen LogP contribution in [0.4, 0.5) is 0 Å². The summed E-state index contributed by atoms with van der Waals surface area (Å²) in [5.41, 5.74) is 1.00. The first-order valence-electron chi connectivity index (χ1n) is 6.48. The number of fused-ring (bicyclic) bond motifs is 1. The van der Waals surface area contributed by atoms with E-state index < -0.39 is 0 Å². The molecule has 0 aromatic carbocycles. The van der Waals surface area contributed by atoms with Crippen molar-refractivity contribution in [1.82, 2.24) is 9.55 Å². The van der Waals surface area contributed by atoms with Crippen LogP contribution in [0.3, 0.4) is 0 Å². The van der Waals surface area contributed by atoms with Gasteiger partial charge in [0, 0.05) is 6.04 Å². The zero-order chi connectivity index (χ0) is 12.3. The van der Waals surface area contributed by atoms with Gasteiger partial charge in [-0.1, -0.05) is 0 Å². The Hall–Kier alpha value is -0.940. The molecule has 2 fully saturated rings. The van der Waals surface area contributed by atoms with E-state index in [4.69, 9.17) is 12.2 Å². The van der Waals surface area contributed by atoms with E-state index in [9.17, 15) is 4.79 Å². The predicted molar refractivity (Wildman–Crippen MR) is 75.8 cm³/mol. The van der Waals surface area contributed by atoms with Crippen molar-refractivity contribution in [2.75, 3.05) is 0 Å². The van der Waals surface area contributed by atoms with Crippen molar-refractivity contribution in [2.24, 2.45) is 11.8 Å². The summed E-state index contributed by atoms with van der Waals surface area (Å²) in [4.78, 5) is 15.8. The number of hydrogen-bond donors (Lipinski definition) is 1. The highest BCUT2D eigenvalue weighted by molar-refractivity contribution is 7.71. The van der Waals surface area contributed by atoms with Crippen LogP contribution in [-0.4, -0.2) is 9.55 Å². The molecule has 3 nitrogen and oxygen atoms in total. The third-order valence-electron chi connectivity index (χ3n) is 4.05. The van der Waals surface area contributed by atoms with Crippen LogP contribution in [0.5, 0.6) is 0 Å². The minimum Gasteiger partial charge on any atom is -0.331 e. The Labute approximate surface area is 113 Å². The largest absolute Gasteiger partial charge is 0.331 e. The molecule has 18 heavy (non-hydrogen) atoms. The molecule has 1 N–H and O–H groups in total. The number of hydrogen-bond acceptors (Lipinski definition) is 3. The van der Waals surface area contributed by atoms with Crippen LogP contribution in [0.15, 0.2) is 16.2 Å². The van der Waals surface area contributed by atoms with Crippen LogP contribution in [-0.2, 0) is 0 Å². The first-order valence-corrected chi connectivity index (χ1v) is 7.76. The number of nitrogens with one attached hydrogen (secondary N) is 1. The molecule has 94 valence electrons. The average Bonchev–Trinajstić information content (AvgIpc) is 3.25. The van der Waals surface area contributed by atoms with E-state index in [-0.39, 0.29) is 5.56 Å². The fourth-order valence-corrected chi connectivity index (χ4v) is 4.00. The molecule has 0 aliphatic heterocycles. The van der Waals surface area contributed by atoms with Crippen LogP contribution in [0.1, 0.15) is 31.7 Å². The highest BCUT2D eigenvalue weighted by Gasteiger charge is 2.43. The molecule has 0 unspecified atom stereocenters. The van der Waals surface area contributed by atoms with Gasteiger partial charge in [0.1, 0.15) is 4.70 Å². The van der Waals surface area contributed by atoms with E-state index in [2.05, 4.69) is 4.98 Å². The second-order valence-electron chi connectivity index (χ2n) is 5.43. The van der Waals surface area contributed by atoms with Gasteiger partial charge in [0.15, 0.2) is 4.77 Å². The number of H-pyrrole nitrogens is 1. The molecule has 2 aromatic rings. The molecule has 0 atom stereocenters. The van der Waals surface area contributed by atoms with Crippen molar-refractivity contribution in [1.29, 1.82) is 0 Å². The van der Waals surface area contributed by atoms with Crippen molar-refractivity contribution in [3.63, 3.8) is 0 Å². The van der Waals surface area contributed by atoms with E-state index >= 15 is 0 Å². The van der Waals surface area contributed by atoms with Crippen molar-refractivity contribution < 1.29 is 0 Å². The summed E-state index contributed by atoms with van der Waals surface area (Å²) in [5, 5.41) is 1.95. The molecular formula is C13H14N2OS2. The third kappa shape index (κ3) is 1.61. The minimum absolute atomic E-state index is 0.118. The lowest BCUT2D eigenvalue weighted by atomic mass is 10.1. The molecule has 2 aromatic heterocycles. The van der Waals surface area contributed by atoms with Crippen LogP contribution in [0.2, 0.25) is 0 Å². The maximum Gasteiger partial charge on any atom is 0.272 e. The first kappa shape index (κ1) is 10.9. The lowest BCUT2D eigenvalue weighted by Gasteiger charge is -2.18. The van der Waals surface area contributed by atoms with Gasteiger partial charge < -0.3 is 4.98 Å². The fraction of sp³-hybridized carbons (Fsp3) is 0.538. The predicted octanol–water partition coefficient (Wildman–Crippen LogP) is 3.48. The van der Waals surface area contributed by atoms with Gasteiger partial charge in [0.05, 0.1) is 5.52 Å². The van der Waals surface area contributed by atoms with Gasteiger partial charge in [-0.15, -0.1) is 11.3 Å². The monoisotopic (exact) mass is 278 g/mol. The second-order valence-corrected chi connectivity index (χ2v) is 6.74. The van der Waals surface area contributed by atoms with Crippen molar-refractivity contribution in [3.8, 4) is 0 Å². The van der Waals surface area contributed by atoms with Gasteiger partial charge in [-0.25, -0.2) is 0 Å². The molecule has 2 aliphatic carbocycles. The Bertz CT molecular complexity index is 706. The molecule has 2 aliphatic rings. The fourth-order valence-electron chi connectivity index (χ4n) is 2.90. The third-order valence-corrected chi connectivity index (χ3v) is 5.25. The Balaban J connectivity index is 1.97. The van der Waals surface area contributed by atoms with Crippen LogP contribution in [0.25, 0.3) is 10.2 Å². The molecule has 5 heteroatoms. The molecule has 0 spiro atoms. The molecule has 0 bridgehead atoms. The summed E-state index contributed by atoms with van der Waals surface area (Å²) in [6, 6.07) is 2.29. The van der Waals surface area contributed by atoms with E-state index in [0.717, 1.165) is 10.2 Å². The van der Waals surface area contributed by atoms with E-state index in [1.807, 2.05) is 16.0 Å². The zero-order valence-electron chi connectivity index (χ0n) is 9.89. The van der Waals surface area contributed by atoms with Crippen molar-refractivity contribution in [3.05, 3.63) is 26.6 Å². The Morgan fingerprint density at radius 3 is 2.61 bits per heavy atom. The Kier molecular flexibility index (Phi) is 2.29. The molecular weight excluding hydrogens is 264 g/mol. The topological polar surface area (TPSA) is 37.8 Å². The Morgan fingerprint density at radius 1 is 1.33 bits per heavy atom. The standard InChI is InChI=1S/C13H14N2OS2/c16-12-11-9(5-6-18-11)14-13(17)15(12)10(7-1-2-7)8-3-4-8/h5-8,10H,1-4H2,(H,14,17). The van der Waals surface area contributed by atoms with Gasteiger partial charge >= 0.3 is 0 Å². The first-order chi connectivity index (χ1) is 8.75. The van der Waals surface area contributed by atoms with Gasteiger partial charge in [-0.05, 0) is 61.2 Å². The number of aromatic amines is 1. The molecule has 2 saturated carbocycles. The SMILES string of the molecule is O=c1c2sccc2[nH]c(=S)n1C(C1CC1)C1CC1. The molecule has 0 saturated heterocycles. The van der Waals surface area contributed by atoms with Gasteiger partial charge in [0.25, 0.3) is 5.56 Å². The summed E-state index contributed by atoms with van der Waals surface area (Å²) in [6.45, 7) is 0. The zero-order valence-corrected chi connectivity index (χ0v) is 11.5. The summed E-state index contributed by atoms with van der Waals surface area (Å²) < 4.78 is 3.30. The highest BCUT2D eigenvalue weighted by atomic mass is 32.1. The summed E-state index contributed by atoms with van der Waals surface area (Å²) in [7, 11) is 0. The summed E-state index contributed by atoms with van der Waals surface area (Å²) in [5.74, 6) is 1.37. The molecule has 4 rings (SSSR count).